The second kappa shape index (κ2) is 7.09. The van der Waals surface area contributed by atoms with Crippen LogP contribution < -0.4 is 14.8 Å². The van der Waals surface area contributed by atoms with Gasteiger partial charge in [-0.3, -0.25) is 14.5 Å². The predicted molar refractivity (Wildman–Crippen MR) is 97.9 cm³/mol. The van der Waals surface area contributed by atoms with Crippen LogP contribution in [0, 0.1) is 0 Å². The minimum atomic E-state index is -0.899. The van der Waals surface area contributed by atoms with E-state index in [1.54, 1.807) is 23.1 Å². The molecule has 146 valence electrons. The molecule has 2 heterocycles. The van der Waals surface area contributed by atoms with Crippen LogP contribution in [-0.4, -0.2) is 66.5 Å². The summed E-state index contributed by atoms with van der Waals surface area (Å²) in [4.78, 5) is 40.8. The minimum absolute atomic E-state index is 0.153. The molecule has 2 aliphatic rings. The quantitative estimate of drug-likeness (QED) is 0.809. The van der Waals surface area contributed by atoms with Gasteiger partial charge in [-0.15, -0.1) is 0 Å². The topological polar surface area (TPSA) is 88.2 Å². The fourth-order valence-corrected chi connectivity index (χ4v) is 3.65. The van der Waals surface area contributed by atoms with Gasteiger partial charge < -0.3 is 19.7 Å². The first kappa shape index (κ1) is 19.0. The van der Waals surface area contributed by atoms with Gasteiger partial charge in [-0.05, 0) is 38.8 Å². The highest BCUT2D eigenvalue weighted by Crippen LogP contribution is 2.32. The average Bonchev–Trinajstić information content (AvgIpc) is 2.90. The van der Waals surface area contributed by atoms with Gasteiger partial charge in [0.1, 0.15) is 17.0 Å². The number of carbonyl (C=O) groups excluding carboxylic acids is 3. The Labute approximate surface area is 158 Å². The highest BCUT2D eigenvalue weighted by molar-refractivity contribution is 6.07. The van der Waals surface area contributed by atoms with Gasteiger partial charge in [0.25, 0.3) is 11.8 Å². The molecule has 0 saturated carbocycles. The van der Waals surface area contributed by atoms with E-state index in [1.165, 1.54) is 19.1 Å². The Morgan fingerprint density at radius 3 is 2.07 bits per heavy atom. The average molecular weight is 375 g/mol. The van der Waals surface area contributed by atoms with Crippen LogP contribution in [0.25, 0.3) is 0 Å². The molecule has 2 saturated heterocycles. The third kappa shape index (κ3) is 3.31. The van der Waals surface area contributed by atoms with E-state index in [0.717, 1.165) is 0 Å². The van der Waals surface area contributed by atoms with E-state index >= 15 is 0 Å². The summed E-state index contributed by atoms with van der Waals surface area (Å²) in [6, 6.07) is 4.49. The first-order valence-corrected chi connectivity index (χ1v) is 8.99. The summed E-state index contributed by atoms with van der Waals surface area (Å²) in [6.45, 7) is 4.39. The van der Waals surface area contributed by atoms with Gasteiger partial charge in [0.15, 0.2) is 0 Å². The molecule has 8 heteroatoms. The SMILES string of the molecule is COc1cc(OC)cc(C(=O)N2CCC3(CC2)NC(=O)N(C(C)C)C3=O)c1. The number of piperidine rings is 1. The normalized spacial score (nSPS) is 18.9. The lowest BCUT2D eigenvalue weighted by atomic mass is 9.87. The van der Waals surface area contributed by atoms with Gasteiger partial charge in [-0.25, -0.2) is 4.79 Å². The van der Waals surface area contributed by atoms with Gasteiger partial charge in [-0.1, -0.05) is 0 Å². The summed E-state index contributed by atoms with van der Waals surface area (Å²) in [5, 5.41) is 2.85. The van der Waals surface area contributed by atoms with Gasteiger partial charge >= 0.3 is 6.03 Å². The molecule has 0 bridgehead atoms. The minimum Gasteiger partial charge on any atom is -0.497 e. The molecule has 2 fully saturated rings. The van der Waals surface area contributed by atoms with Crippen molar-refractivity contribution in [2.24, 2.45) is 0 Å². The monoisotopic (exact) mass is 375 g/mol. The van der Waals surface area contributed by atoms with Crippen LogP contribution in [0.5, 0.6) is 11.5 Å². The lowest BCUT2D eigenvalue weighted by molar-refractivity contribution is -0.133. The van der Waals surface area contributed by atoms with Crippen LogP contribution in [0.3, 0.4) is 0 Å². The maximum atomic E-state index is 12.9. The maximum Gasteiger partial charge on any atom is 0.325 e. The fraction of sp³-hybridized carbons (Fsp3) is 0.526. The summed E-state index contributed by atoms with van der Waals surface area (Å²) >= 11 is 0. The van der Waals surface area contributed by atoms with Crippen molar-refractivity contribution in [2.75, 3.05) is 27.3 Å². The first-order valence-electron chi connectivity index (χ1n) is 8.99. The van der Waals surface area contributed by atoms with Crippen molar-refractivity contribution in [3.05, 3.63) is 23.8 Å². The molecule has 4 amide bonds. The van der Waals surface area contributed by atoms with Crippen molar-refractivity contribution in [3.63, 3.8) is 0 Å². The number of amides is 4. The summed E-state index contributed by atoms with van der Waals surface area (Å²) in [5.74, 6) is 0.728. The number of likely N-dealkylation sites (tertiary alicyclic amines) is 1. The van der Waals surface area contributed by atoms with Crippen LogP contribution in [0.15, 0.2) is 18.2 Å². The standard InChI is InChI=1S/C19H25N3O5/c1-12(2)22-17(24)19(20-18(22)25)5-7-21(8-6-19)16(23)13-9-14(26-3)11-15(10-13)27-4/h9-12H,5-8H2,1-4H3,(H,20,25). The molecule has 27 heavy (non-hydrogen) atoms. The van der Waals surface area contributed by atoms with Crippen molar-refractivity contribution in [3.8, 4) is 11.5 Å². The highest BCUT2D eigenvalue weighted by atomic mass is 16.5. The zero-order valence-electron chi connectivity index (χ0n) is 16.1. The van der Waals surface area contributed by atoms with Gasteiger partial charge in [-0.2, -0.15) is 0 Å². The third-order valence-corrected chi connectivity index (χ3v) is 5.21. The number of urea groups is 1. The molecule has 3 rings (SSSR count). The molecule has 0 radical (unpaired) electrons. The number of methoxy groups -OCH3 is 2. The Bertz CT molecular complexity index is 746. The molecule has 0 atom stereocenters. The molecular weight excluding hydrogens is 350 g/mol. The Balaban J connectivity index is 1.74. The van der Waals surface area contributed by atoms with E-state index < -0.39 is 5.54 Å². The van der Waals surface area contributed by atoms with Crippen molar-refractivity contribution in [1.82, 2.24) is 15.1 Å². The lowest BCUT2D eigenvalue weighted by Crippen LogP contribution is -2.56. The molecule has 0 unspecified atom stereocenters. The van der Waals surface area contributed by atoms with Gasteiger partial charge in [0.05, 0.1) is 14.2 Å². The van der Waals surface area contributed by atoms with E-state index in [4.69, 9.17) is 9.47 Å². The molecule has 1 aromatic rings. The summed E-state index contributed by atoms with van der Waals surface area (Å²) < 4.78 is 10.4. The maximum absolute atomic E-state index is 12.9. The second-order valence-electron chi connectivity index (χ2n) is 7.17. The van der Waals surface area contributed by atoms with Crippen LogP contribution in [0.2, 0.25) is 0 Å². The number of nitrogens with one attached hydrogen (secondary N) is 1. The van der Waals surface area contributed by atoms with Crippen LogP contribution in [-0.2, 0) is 4.79 Å². The Morgan fingerprint density at radius 1 is 1.07 bits per heavy atom. The zero-order chi connectivity index (χ0) is 19.8. The van der Waals surface area contributed by atoms with Crippen LogP contribution in [0.1, 0.15) is 37.0 Å². The molecule has 2 aliphatic heterocycles. The van der Waals surface area contributed by atoms with E-state index in [0.29, 0.717) is 43.0 Å². The summed E-state index contributed by atoms with van der Waals surface area (Å²) in [5.41, 5.74) is -0.433. The smallest absolute Gasteiger partial charge is 0.325 e. The van der Waals surface area contributed by atoms with Gasteiger partial charge in [0, 0.05) is 30.8 Å². The number of imide groups is 1. The number of nitrogens with zero attached hydrogens (tertiary/aromatic N) is 2. The lowest BCUT2D eigenvalue weighted by Gasteiger charge is -2.37. The zero-order valence-corrected chi connectivity index (χ0v) is 16.1. The van der Waals surface area contributed by atoms with Crippen molar-refractivity contribution >= 4 is 17.8 Å². The summed E-state index contributed by atoms with van der Waals surface area (Å²) in [7, 11) is 3.06. The highest BCUT2D eigenvalue weighted by Gasteiger charge is 2.53. The molecule has 8 nitrogen and oxygen atoms in total. The number of ether oxygens (including phenoxy) is 2. The summed E-state index contributed by atoms with van der Waals surface area (Å²) in [6.07, 6.45) is 0.793. The first-order chi connectivity index (χ1) is 12.8. The van der Waals surface area contributed by atoms with E-state index in [1.807, 2.05) is 13.8 Å². The molecular formula is C19H25N3O5. The number of rotatable bonds is 4. The van der Waals surface area contributed by atoms with Crippen LogP contribution in [0.4, 0.5) is 4.79 Å². The third-order valence-electron chi connectivity index (χ3n) is 5.21. The largest absolute Gasteiger partial charge is 0.497 e. The number of hydrogen-bond acceptors (Lipinski definition) is 5. The molecule has 1 spiro atoms. The second-order valence-corrected chi connectivity index (χ2v) is 7.17. The Hall–Kier alpha value is -2.77. The number of benzene rings is 1. The predicted octanol–water partition coefficient (Wildman–Crippen LogP) is 1.64. The Morgan fingerprint density at radius 2 is 1.63 bits per heavy atom. The molecule has 0 aromatic heterocycles. The number of hydrogen-bond donors (Lipinski definition) is 1. The van der Waals surface area contributed by atoms with Crippen molar-refractivity contribution in [1.29, 1.82) is 0 Å². The van der Waals surface area contributed by atoms with Gasteiger partial charge in [0.2, 0.25) is 0 Å². The van der Waals surface area contributed by atoms with E-state index in [9.17, 15) is 14.4 Å². The molecule has 0 aliphatic carbocycles. The molecule has 1 N–H and O–H groups in total. The molecule has 1 aromatic carbocycles. The Kier molecular flexibility index (Phi) is 4.99. The van der Waals surface area contributed by atoms with Crippen molar-refractivity contribution in [2.45, 2.75) is 38.3 Å². The fourth-order valence-electron chi connectivity index (χ4n) is 3.65. The van der Waals surface area contributed by atoms with E-state index in [2.05, 4.69) is 5.32 Å². The van der Waals surface area contributed by atoms with Crippen LogP contribution >= 0.6 is 0 Å². The number of carbonyl (C=O) groups is 3. The van der Waals surface area contributed by atoms with E-state index in [-0.39, 0.29) is 23.9 Å². The van der Waals surface area contributed by atoms with Crippen molar-refractivity contribution < 1.29 is 23.9 Å².